The molecule has 15 heavy (non-hydrogen) atoms. The van der Waals surface area contributed by atoms with E-state index in [1.165, 1.54) is 30.4 Å². The van der Waals surface area contributed by atoms with E-state index in [1.54, 1.807) is 13.4 Å². The maximum Gasteiger partial charge on any atom is 0.0788 e. The molecule has 0 fully saturated rings. The fourth-order valence-electron chi connectivity index (χ4n) is 1.50. The van der Waals surface area contributed by atoms with Crippen LogP contribution >= 0.6 is 0 Å². The molecule has 0 saturated heterocycles. The maximum atomic E-state index is 4.86. The molecule has 0 atom stereocenters. The number of methoxy groups -OCH3 is 1. The summed E-state index contributed by atoms with van der Waals surface area (Å²) in [7, 11) is 1.67. The Morgan fingerprint density at radius 2 is 1.80 bits per heavy atom. The lowest BCUT2D eigenvalue weighted by Crippen LogP contribution is -1.86. The number of allylic oxidation sites excluding steroid dienone is 1. The van der Waals surface area contributed by atoms with E-state index < -0.39 is 0 Å². The zero-order chi connectivity index (χ0) is 10.9. The fourth-order valence-corrected chi connectivity index (χ4v) is 1.50. The summed E-state index contributed by atoms with van der Waals surface area (Å²) in [6.45, 7) is 2.23. The second kappa shape index (κ2) is 7.10. The molecule has 0 unspecified atom stereocenters. The van der Waals surface area contributed by atoms with Crippen LogP contribution in [-0.4, -0.2) is 7.11 Å². The van der Waals surface area contributed by atoms with Gasteiger partial charge in [0.2, 0.25) is 0 Å². The molecule has 0 aliphatic heterocycles. The average molecular weight is 204 g/mol. The molecular formula is C14H20O. The molecule has 1 aromatic carbocycles. The highest BCUT2D eigenvalue weighted by molar-refractivity contribution is 5.24. The van der Waals surface area contributed by atoms with Crippen molar-refractivity contribution in [2.24, 2.45) is 0 Å². The molecule has 0 N–H and O–H groups in total. The number of hydrogen-bond acceptors (Lipinski definition) is 1. The Hall–Kier alpha value is -1.24. The third-order valence-corrected chi connectivity index (χ3v) is 2.43. The standard InChI is InChI=1S/C14H20O/c1-3-4-6-13-8-10-14(11-9-13)7-5-12-15-2/h5,8-12H,3-4,6-7H2,1-2H3/b12-5+. The Morgan fingerprint density at radius 1 is 1.13 bits per heavy atom. The molecule has 1 rings (SSSR count). The second-order valence-corrected chi connectivity index (χ2v) is 3.73. The number of hydrogen-bond donors (Lipinski definition) is 0. The number of aryl methyl sites for hydroxylation is 1. The van der Waals surface area contributed by atoms with Gasteiger partial charge in [0.25, 0.3) is 0 Å². The number of benzene rings is 1. The molecule has 82 valence electrons. The summed E-state index contributed by atoms with van der Waals surface area (Å²) in [4.78, 5) is 0. The van der Waals surface area contributed by atoms with Gasteiger partial charge in [-0.3, -0.25) is 0 Å². The molecule has 0 heterocycles. The highest BCUT2D eigenvalue weighted by Crippen LogP contribution is 2.08. The van der Waals surface area contributed by atoms with Crippen molar-refractivity contribution < 1.29 is 4.74 Å². The summed E-state index contributed by atoms with van der Waals surface area (Å²) in [6.07, 6.45) is 8.44. The molecule has 0 aliphatic carbocycles. The topological polar surface area (TPSA) is 9.23 Å². The van der Waals surface area contributed by atoms with Crippen molar-refractivity contribution in [1.82, 2.24) is 0 Å². The van der Waals surface area contributed by atoms with E-state index in [4.69, 9.17) is 4.74 Å². The molecular weight excluding hydrogens is 184 g/mol. The number of unbranched alkanes of at least 4 members (excludes halogenated alkanes) is 1. The molecule has 0 amide bonds. The van der Waals surface area contributed by atoms with Crippen molar-refractivity contribution in [3.8, 4) is 0 Å². The van der Waals surface area contributed by atoms with E-state index in [-0.39, 0.29) is 0 Å². The Labute approximate surface area is 92.8 Å². The van der Waals surface area contributed by atoms with E-state index in [2.05, 4.69) is 31.2 Å². The SMILES string of the molecule is CCCCc1ccc(C/C=C/OC)cc1. The van der Waals surface area contributed by atoms with Crippen molar-refractivity contribution in [3.05, 3.63) is 47.7 Å². The lowest BCUT2D eigenvalue weighted by molar-refractivity contribution is 0.337. The van der Waals surface area contributed by atoms with Crippen LogP contribution in [-0.2, 0) is 17.6 Å². The first-order valence-corrected chi connectivity index (χ1v) is 5.62. The molecule has 1 heteroatoms. The predicted molar refractivity (Wildman–Crippen MR) is 64.9 cm³/mol. The van der Waals surface area contributed by atoms with Crippen molar-refractivity contribution in [2.45, 2.75) is 32.6 Å². The summed E-state index contributed by atoms with van der Waals surface area (Å²) in [5.74, 6) is 0. The van der Waals surface area contributed by atoms with Crippen molar-refractivity contribution in [1.29, 1.82) is 0 Å². The van der Waals surface area contributed by atoms with Crippen LogP contribution < -0.4 is 0 Å². The van der Waals surface area contributed by atoms with E-state index in [0.717, 1.165) is 6.42 Å². The van der Waals surface area contributed by atoms with Gasteiger partial charge in [0, 0.05) is 0 Å². The molecule has 1 aromatic rings. The first-order chi connectivity index (χ1) is 7.36. The van der Waals surface area contributed by atoms with Gasteiger partial charge < -0.3 is 4.74 Å². The largest absolute Gasteiger partial charge is 0.505 e. The number of rotatable bonds is 6. The number of ether oxygens (including phenoxy) is 1. The van der Waals surface area contributed by atoms with Crippen molar-refractivity contribution in [3.63, 3.8) is 0 Å². The zero-order valence-electron chi connectivity index (χ0n) is 9.70. The summed E-state index contributed by atoms with van der Waals surface area (Å²) < 4.78 is 4.86. The molecule has 0 saturated carbocycles. The minimum Gasteiger partial charge on any atom is -0.505 e. The molecule has 0 radical (unpaired) electrons. The summed E-state index contributed by atoms with van der Waals surface area (Å²) in [6, 6.07) is 8.85. The predicted octanol–water partition coefficient (Wildman–Crippen LogP) is 3.73. The average Bonchev–Trinajstić information content (AvgIpc) is 2.28. The zero-order valence-corrected chi connectivity index (χ0v) is 9.70. The minimum absolute atomic E-state index is 0.946. The highest BCUT2D eigenvalue weighted by atomic mass is 16.5. The van der Waals surface area contributed by atoms with Crippen molar-refractivity contribution in [2.75, 3.05) is 7.11 Å². The van der Waals surface area contributed by atoms with E-state index in [9.17, 15) is 0 Å². The summed E-state index contributed by atoms with van der Waals surface area (Å²) >= 11 is 0. The second-order valence-electron chi connectivity index (χ2n) is 3.73. The highest BCUT2D eigenvalue weighted by Gasteiger charge is 1.93. The molecule has 0 aromatic heterocycles. The maximum absolute atomic E-state index is 4.86. The van der Waals surface area contributed by atoms with E-state index in [0.29, 0.717) is 0 Å². The first-order valence-electron chi connectivity index (χ1n) is 5.62. The van der Waals surface area contributed by atoms with Crippen LogP contribution in [0, 0.1) is 0 Å². The van der Waals surface area contributed by atoms with Gasteiger partial charge in [-0.15, -0.1) is 0 Å². The van der Waals surface area contributed by atoms with E-state index >= 15 is 0 Å². The van der Waals surface area contributed by atoms with Gasteiger partial charge in [0.15, 0.2) is 0 Å². The van der Waals surface area contributed by atoms with Crippen LogP contribution in [0.4, 0.5) is 0 Å². The summed E-state index contributed by atoms with van der Waals surface area (Å²) in [5, 5.41) is 0. The molecule has 0 bridgehead atoms. The first kappa shape index (κ1) is 11.8. The third-order valence-electron chi connectivity index (χ3n) is 2.43. The Kier molecular flexibility index (Phi) is 5.60. The minimum atomic E-state index is 0.946. The van der Waals surface area contributed by atoms with Gasteiger partial charge in [-0.05, 0) is 36.5 Å². The van der Waals surface area contributed by atoms with Crippen molar-refractivity contribution >= 4 is 0 Å². The van der Waals surface area contributed by atoms with Gasteiger partial charge in [-0.2, -0.15) is 0 Å². The van der Waals surface area contributed by atoms with Crippen LogP contribution in [0.15, 0.2) is 36.6 Å². The normalized spacial score (nSPS) is 10.8. The van der Waals surface area contributed by atoms with Crippen LogP contribution in [0.5, 0.6) is 0 Å². The van der Waals surface area contributed by atoms with Crippen LogP contribution in [0.2, 0.25) is 0 Å². The molecule has 0 aliphatic rings. The summed E-state index contributed by atoms with van der Waals surface area (Å²) in [5.41, 5.74) is 2.78. The van der Waals surface area contributed by atoms with E-state index in [1.807, 2.05) is 6.08 Å². The Balaban J connectivity index is 2.45. The van der Waals surface area contributed by atoms with Gasteiger partial charge >= 0.3 is 0 Å². The Bertz CT molecular complexity index is 285. The van der Waals surface area contributed by atoms with Gasteiger partial charge in [-0.25, -0.2) is 0 Å². The smallest absolute Gasteiger partial charge is 0.0788 e. The van der Waals surface area contributed by atoms with Crippen LogP contribution in [0.3, 0.4) is 0 Å². The molecule has 0 spiro atoms. The quantitative estimate of drug-likeness (QED) is 0.641. The lowest BCUT2D eigenvalue weighted by atomic mass is 10.1. The van der Waals surface area contributed by atoms with Gasteiger partial charge in [-0.1, -0.05) is 37.6 Å². The molecule has 1 nitrogen and oxygen atoms in total. The van der Waals surface area contributed by atoms with Gasteiger partial charge in [0.1, 0.15) is 0 Å². The fraction of sp³-hybridized carbons (Fsp3) is 0.429. The lowest BCUT2D eigenvalue weighted by Gasteiger charge is -2.01. The van der Waals surface area contributed by atoms with Crippen LogP contribution in [0.1, 0.15) is 30.9 Å². The third kappa shape index (κ3) is 4.68. The van der Waals surface area contributed by atoms with Gasteiger partial charge in [0.05, 0.1) is 13.4 Å². The monoisotopic (exact) mass is 204 g/mol. The van der Waals surface area contributed by atoms with Crippen LogP contribution in [0.25, 0.3) is 0 Å². The Morgan fingerprint density at radius 3 is 2.40 bits per heavy atom.